The van der Waals surface area contributed by atoms with E-state index < -0.39 is 0 Å². The van der Waals surface area contributed by atoms with E-state index in [9.17, 15) is 0 Å². The summed E-state index contributed by atoms with van der Waals surface area (Å²) in [6.07, 6.45) is 2.07. The number of guanidine groups is 1. The number of aryl methyl sites for hydroxylation is 2. The molecular weight excluding hydrogens is 360 g/mol. The van der Waals surface area contributed by atoms with E-state index in [-0.39, 0.29) is 0 Å². The van der Waals surface area contributed by atoms with Crippen molar-refractivity contribution >= 4 is 5.96 Å². The summed E-state index contributed by atoms with van der Waals surface area (Å²) in [5.41, 5.74) is 5.92. The fourth-order valence-electron chi connectivity index (χ4n) is 3.48. The summed E-state index contributed by atoms with van der Waals surface area (Å²) >= 11 is 0. The van der Waals surface area contributed by atoms with Crippen LogP contribution in [0, 0.1) is 13.8 Å². The highest BCUT2D eigenvalue weighted by molar-refractivity contribution is 5.79. The van der Waals surface area contributed by atoms with Crippen molar-refractivity contribution in [1.82, 2.24) is 24.6 Å². The molecule has 0 fully saturated rings. The molecule has 0 saturated carbocycles. The zero-order chi connectivity index (χ0) is 20.8. The molecule has 0 bridgehead atoms. The Kier molecular flexibility index (Phi) is 6.75. The number of aromatic nitrogens is 3. The van der Waals surface area contributed by atoms with E-state index >= 15 is 0 Å². The molecule has 154 valence electrons. The van der Waals surface area contributed by atoms with Gasteiger partial charge in [-0.15, -0.1) is 0 Å². The molecule has 0 spiro atoms. The minimum atomic E-state index is 0.617. The van der Waals surface area contributed by atoms with Crippen molar-refractivity contribution in [1.29, 1.82) is 0 Å². The van der Waals surface area contributed by atoms with Crippen LogP contribution in [0.4, 0.5) is 0 Å². The molecule has 0 amide bonds. The first-order valence-corrected chi connectivity index (χ1v) is 10.2. The topological polar surface area (TPSA) is 50.4 Å². The monoisotopic (exact) mass is 392 g/mol. The second-order valence-corrected chi connectivity index (χ2v) is 7.43. The third-order valence-corrected chi connectivity index (χ3v) is 5.24. The quantitative estimate of drug-likeness (QED) is 0.495. The van der Waals surface area contributed by atoms with Crippen LogP contribution in [-0.2, 0) is 26.7 Å². The second kappa shape index (κ2) is 9.45. The fraction of sp³-hybridized carbons (Fsp3) is 0.391. The normalized spacial score (nSPS) is 11.7. The van der Waals surface area contributed by atoms with Gasteiger partial charge in [-0.05, 0) is 38.5 Å². The number of hydrogen-bond acceptors (Lipinski definition) is 2. The SMILES string of the molecule is CCNC(=NCc1c(C)nn(Cc2ccccc2)c1C)N(C)Cc1cccn1C. The zero-order valence-corrected chi connectivity index (χ0v) is 18.2. The Morgan fingerprint density at radius 1 is 1.14 bits per heavy atom. The Morgan fingerprint density at radius 3 is 2.55 bits per heavy atom. The Hall–Kier alpha value is -3.02. The number of hydrogen-bond donors (Lipinski definition) is 1. The first-order valence-electron chi connectivity index (χ1n) is 10.2. The van der Waals surface area contributed by atoms with Crippen LogP contribution in [0.3, 0.4) is 0 Å². The third kappa shape index (κ3) is 5.08. The minimum absolute atomic E-state index is 0.617. The van der Waals surface area contributed by atoms with Gasteiger partial charge in [0, 0.05) is 43.8 Å². The molecule has 2 aromatic heterocycles. The summed E-state index contributed by atoms with van der Waals surface area (Å²) in [6.45, 7) is 9.34. The van der Waals surface area contributed by atoms with Gasteiger partial charge < -0.3 is 14.8 Å². The average molecular weight is 393 g/mol. The molecule has 0 aliphatic heterocycles. The molecule has 0 radical (unpaired) electrons. The molecule has 0 aliphatic carbocycles. The van der Waals surface area contributed by atoms with Crippen LogP contribution in [0.15, 0.2) is 53.7 Å². The van der Waals surface area contributed by atoms with Gasteiger partial charge in [-0.3, -0.25) is 4.68 Å². The zero-order valence-electron chi connectivity index (χ0n) is 18.2. The predicted octanol–water partition coefficient (Wildman–Crippen LogP) is 3.48. The fourth-order valence-corrected chi connectivity index (χ4v) is 3.48. The maximum atomic E-state index is 4.90. The van der Waals surface area contributed by atoms with E-state index in [1.165, 1.54) is 22.5 Å². The van der Waals surface area contributed by atoms with E-state index in [1.54, 1.807) is 0 Å². The predicted molar refractivity (Wildman–Crippen MR) is 119 cm³/mol. The van der Waals surface area contributed by atoms with E-state index in [1.807, 2.05) is 6.07 Å². The van der Waals surface area contributed by atoms with Gasteiger partial charge in [0.15, 0.2) is 5.96 Å². The van der Waals surface area contributed by atoms with Crippen LogP contribution >= 0.6 is 0 Å². The van der Waals surface area contributed by atoms with Crippen molar-refractivity contribution in [3.05, 3.63) is 76.9 Å². The maximum Gasteiger partial charge on any atom is 0.194 e. The number of aliphatic imine (C=N–C) groups is 1. The highest BCUT2D eigenvalue weighted by atomic mass is 15.3. The molecule has 2 heterocycles. The van der Waals surface area contributed by atoms with Crippen LogP contribution in [0.2, 0.25) is 0 Å². The Labute approximate surface area is 173 Å². The van der Waals surface area contributed by atoms with Gasteiger partial charge in [0.05, 0.1) is 25.3 Å². The Balaban J connectivity index is 1.76. The number of nitrogens with zero attached hydrogens (tertiary/aromatic N) is 5. The summed E-state index contributed by atoms with van der Waals surface area (Å²) in [5.74, 6) is 0.906. The van der Waals surface area contributed by atoms with Gasteiger partial charge in [-0.1, -0.05) is 30.3 Å². The Bertz CT molecular complexity index is 951. The minimum Gasteiger partial charge on any atom is -0.357 e. The lowest BCUT2D eigenvalue weighted by molar-refractivity contribution is 0.462. The van der Waals surface area contributed by atoms with E-state index in [0.717, 1.165) is 31.3 Å². The number of benzene rings is 1. The summed E-state index contributed by atoms with van der Waals surface area (Å²) in [7, 11) is 4.15. The highest BCUT2D eigenvalue weighted by Crippen LogP contribution is 2.16. The van der Waals surface area contributed by atoms with Crippen molar-refractivity contribution in [2.24, 2.45) is 12.0 Å². The van der Waals surface area contributed by atoms with E-state index in [0.29, 0.717) is 6.54 Å². The molecular formula is C23H32N6. The lowest BCUT2D eigenvalue weighted by atomic mass is 10.2. The average Bonchev–Trinajstić information content (AvgIpc) is 3.22. The van der Waals surface area contributed by atoms with Gasteiger partial charge in [0.25, 0.3) is 0 Å². The van der Waals surface area contributed by atoms with Crippen LogP contribution in [0.1, 0.15) is 35.1 Å². The summed E-state index contributed by atoms with van der Waals surface area (Å²) < 4.78 is 4.22. The molecule has 6 heteroatoms. The standard InChI is InChI=1S/C23H32N6/c1-6-24-23(28(5)17-21-13-10-14-27(21)4)25-15-22-18(2)26-29(19(22)3)16-20-11-8-7-9-12-20/h7-14H,6,15-17H2,1-5H3,(H,24,25). The lowest BCUT2D eigenvalue weighted by Gasteiger charge is -2.22. The smallest absolute Gasteiger partial charge is 0.194 e. The molecule has 1 aromatic carbocycles. The van der Waals surface area contributed by atoms with Crippen LogP contribution < -0.4 is 5.32 Å². The lowest BCUT2D eigenvalue weighted by Crippen LogP contribution is -2.38. The summed E-state index contributed by atoms with van der Waals surface area (Å²) in [4.78, 5) is 7.07. The van der Waals surface area contributed by atoms with Crippen LogP contribution in [-0.4, -0.2) is 38.8 Å². The molecule has 1 N–H and O–H groups in total. The molecule has 29 heavy (non-hydrogen) atoms. The second-order valence-electron chi connectivity index (χ2n) is 7.43. The Morgan fingerprint density at radius 2 is 1.90 bits per heavy atom. The highest BCUT2D eigenvalue weighted by Gasteiger charge is 2.13. The van der Waals surface area contributed by atoms with Crippen LogP contribution in [0.5, 0.6) is 0 Å². The van der Waals surface area contributed by atoms with Gasteiger partial charge in [0.1, 0.15) is 0 Å². The number of rotatable bonds is 7. The largest absolute Gasteiger partial charge is 0.357 e. The summed E-state index contributed by atoms with van der Waals surface area (Å²) in [5, 5.41) is 8.17. The van der Waals surface area contributed by atoms with E-state index in [2.05, 4.69) is 96.9 Å². The summed E-state index contributed by atoms with van der Waals surface area (Å²) in [6, 6.07) is 14.7. The van der Waals surface area contributed by atoms with Gasteiger partial charge in [0.2, 0.25) is 0 Å². The van der Waals surface area contributed by atoms with Crippen molar-refractivity contribution < 1.29 is 0 Å². The third-order valence-electron chi connectivity index (χ3n) is 5.24. The first kappa shape index (κ1) is 20.7. The maximum absolute atomic E-state index is 4.90. The van der Waals surface area contributed by atoms with Gasteiger partial charge >= 0.3 is 0 Å². The van der Waals surface area contributed by atoms with Gasteiger partial charge in [-0.2, -0.15) is 5.10 Å². The van der Waals surface area contributed by atoms with Crippen molar-refractivity contribution in [3.63, 3.8) is 0 Å². The molecule has 0 unspecified atom stereocenters. The molecule has 0 atom stereocenters. The van der Waals surface area contributed by atoms with Crippen molar-refractivity contribution in [2.75, 3.05) is 13.6 Å². The van der Waals surface area contributed by atoms with Crippen molar-refractivity contribution in [3.8, 4) is 0 Å². The van der Waals surface area contributed by atoms with Crippen LogP contribution in [0.25, 0.3) is 0 Å². The van der Waals surface area contributed by atoms with Crippen molar-refractivity contribution in [2.45, 2.75) is 40.4 Å². The molecule has 0 saturated heterocycles. The molecule has 3 aromatic rings. The first-order chi connectivity index (χ1) is 14.0. The number of nitrogens with one attached hydrogen (secondary N) is 1. The van der Waals surface area contributed by atoms with Gasteiger partial charge in [-0.25, -0.2) is 4.99 Å². The molecule has 6 nitrogen and oxygen atoms in total. The molecule has 3 rings (SSSR count). The molecule has 0 aliphatic rings. The van der Waals surface area contributed by atoms with E-state index in [4.69, 9.17) is 10.1 Å².